The molecule has 0 aliphatic rings. The molecule has 1 aromatic carbocycles. The van der Waals surface area contributed by atoms with Gasteiger partial charge in [-0.15, -0.1) is 10.2 Å². The Labute approximate surface area is 102 Å². The molecule has 0 aliphatic carbocycles. The van der Waals surface area contributed by atoms with E-state index in [4.69, 9.17) is 4.42 Å². The Morgan fingerprint density at radius 3 is 2.50 bits per heavy atom. The van der Waals surface area contributed by atoms with E-state index in [1.807, 2.05) is 0 Å². The van der Waals surface area contributed by atoms with Gasteiger partial charge in [0.2, 0.25) is 5.89 Å². The highest BCUT2D eigenvalue weighted by molar-refractivity contribution is 14.1. The van der Waals surface area contributed by atoms with Crippen LogP contribution in [0.25, 0.3) is 11.5 Å². The normalized spacial score (nSPS) is 11.8. The van der Waals surface area contributed by atoms with Crippen molar-refractivity contribution in [2.45, 2.75) is 6.18 Å². The third-order valence-electron chi connectivity index (χ3n) is 1.84. The van der Waals surface area contributed by atoms with Crippen LogP contribution in [0.15, 0.2) is 28.7 Å². The maximum Gasteiger partial charge on any atom is 0.416 e. The smallest absolute Gasteiger partial charge is 0.412 e. The molecule has 2 aromatic rings. The fourth-order valence-corrected chi connectivity index (χ4v) is 1.47. The summed E-state index contributed by atoms with van der Waals surface area (Å²) >= 11 is 1.79. The van der Waals surface area contributed by atoms with E-state index in [-0.39, 0.29) is 15.4 Å². The van der Waals surface area contributed by atoms with Crippen molar-refractivity contribution in [3.05, 3.63) is 33.7 Å². The molecule has 0 unspecified atom stereocenters. The second kappa shape index (κ2) is 4.04. The van der Waals surface area contributed by atoms with E-state index in [1.54, 1.807) is 22.6 Å². The molecule has 0 fully saturated rings. The summed E-state index contributed by atoms with van der Waals surface area (Å²) in [6.07, 6.45) is -4.37. The van der Waals surface area contributed by atoms with Gasteiger partial charge in [0.1, 0.15) is 0 Å². The van der Waals surface area contributed by atoms with Gasteiger partial charge in [-0.25, -0.2) is 0 Å². The van der Waals surface area contributed by atoms with E-state index in [9.17, 15) is 13.2 Å². The molecule has 0 aliphatic heterocycles. The molecule has 84 valence electrons. The van der Waals surface area contributed by atoms with Crippen molar-refractivity contribution in [2.24, 2.45) is 0 Å². The molecule has 0 spiro atoms. The number of aromatic nitrogens is 2. The van der Waals surface area contributed by atoms with Crippen LogP contribution in [0.5, 0.6) is 0 Å². The van der Waals surface area contributed by atoms with Crippen LogP contribution in [0.4, 0.5) is 13.2 Å². The Bertz CT molecular complexity index is 509. The Balaban J connectivity index is 2.44. The molecule has 16 heavy (non-hydrogen) atoms. The van der Waals surface area contributed by atoms with Gasteiger partial charge in [-0.2, -0.15) is 13.2 Å². The van der Waals surface area contributed by atoms with E-state index in [0.29, 0.717) is 0 Å². The lowest BCUT2D eigenvalue weighted by Crippen LogP contribution is -2.04. The first kappa shape index (κ1) is 11.4. The van der Waals surface area contributed by atoms with Gasteiger partial charge in [0, 0.05) is 28.2 Å². The minimum atomic E-state index is -4.37. The number of hydrogen-bond donors (Lipinski definition) is 0. The number of alkyl halides is 3. The molecule has 0 radical (unpaired) electrons. The topological polar surface area (TPSA) is 38.9 Å². The SMILES string of the molecule is FC(F)(F)c1cccc(-c2nnc(I)o2)c1. The molecule has 0 amide bonds. The first-order valence-electron chi connectivity index (χ1n) is 4.13. The molecular formula is C9H4F3IN2O. The third kappa shape index (κ3) is 2.34. The van der Waals surface area contributed by atoms with Crippen LogP contribution in [0, 0.1) is 3.90 Å². The molecule has 2 rings (SSSR count). The number of rotatable bonds is 1. The zero-order valence-corrected chi connectivity index (χ0v) is 9.78. The lowest BCUT2D eigenvalue weighted by atomic mass is 10.1. The van der Waals surface area contributed by atoms with E-state index in [2.05, 4.69) is 10.2 Å². The standard InChI is InChI=1S/C9H4F3IN2O/c10-9(11,12)6-3-1-2-5(4-6)7-14-15-8(13)16-7/h1-4H. The summed E-state index contributed by atoms with van der Waals surface area (Å²) in [5, 5.41) is 7.19. The lowest BCUT2D eigenvalue weighted by Gasteiger charge is -2.06. The lowest BCUT2D eigenvalue weighted by molar-refractivity contribution is -0.137. The van der Waals surface area contributed by atoms with Gasteiger partial charge in [-0.1, -0.05) is 6.07 Å². The van der Waals surface area contributed by atoms with Crippen LogP contribution >= 0.6 is 22.6 Å². The molecule has 0 atom stereocenters. The number of hydrogen-bond acceptors (Lipinski definition) is 3. The number of benzene rings is 1. The molecule has 7 heteroatoms. The largest absolute Gasteiger partial charge is 0.416 e. The molecule has 0 N–H and O–H groups in total. The fourth-order valence-electron chi connectivity index (χ4n) is 1.15. The van der Waals surface area contributed by atoms with E-state index in [0.717, 1.165) is 12.1 Å². The van der Waals surface area contributed by atoms with Gasteiger partial charge >= 0.3 is 6.18 Å². The van der Waals surface area contributed by atoms with Crippen molar-refractivity contribution in [1.82, 2.24) is 10.2 Å². The maximum atomic E-state index is 12.4. The van der Waals surface area contributed by atoms with Crippen molar-refractivity contribution in [3.8, 4) is 11.5 Å². The Morgan fingerprint density at radius 1 is 1.19 bits per heavy atom. The molecule has 3 nitrogen and oxygen atoms in total. The van der Waals surface area contributed by atoms with Crippen LogP contribution in [-0.4, -0.2) is 10.2 Å². The second-order valence-corrected chi connectivity index (χ2v) is 3.86. The van der Waals surface area contributed by atoms with Crippen molar-refractivity contribution >= 4 is 22.6 Å². The molecule has 0 bridgehead atoms. The minimum absolute atomic E-state index is 0.0792. The average molecular weight is 340 g/mol. The predicted octanol–water partition coefficient (Wildman–Crippen LogP) is 3.36. The van der Waals surface area contributed by atoms with Crippen LogP contribution in [0.2, 0.25) is 0 Å². The van der Waals surface area contributed by atoms with E-state index < -0.39 is 11.7 Å². The number of nitrogens with zero attached hydrogens (tertiary/aromatic N) is 2. The van der Waals surface area contributed by atoms with Crippen LogP contribution in [0.3, 0.4) is 0 Å². The summed E-state index contributed by atoms with van der Waals surface area (Å²) in [5.41, 5.74) is -0.483. The molecule has 0 saturated carbocycles. The first-order valence-corrected chi connectivity index (χ1v) is 5.21. The van der Waals surface area contributed by atoms with Crippen LogP contribution < -0.4 is 0 Å². The Morgan fingerprint density at radius 2 is 1.94 bits per heavy atom. The van der Waals surface area contributed by atoms with Gasteiger partial charge < -0.3 is 4.42 Å². The molecule has 1 aromatic heterocycles. The summed E-state index contributed by atoms with van der Waals surface area (Å²) in [5.74, 6) is 0.0792. The Hall–Kier alpha value is -1.12. The second-order valence-electron chi connectivity index (χ2n) is 2.94. The maximum absolute atomic E-state index is 12.4. The van der Waals surface area contributed by atoms with Crippen LogP contribution in [-0.2, 0) is 6.18 Å². The van der Waals surface area contributed by atoms with Crippen molar-refractivity contribution in [2.75, 3.05) is 0 Å². The third-order valence-corrected chi connectivity index (χ3v) is 2.27. The summed E-state index contributed by atoms with van der Waals surface area (Å²) in [6, 6.07) is 4.75. The highest BCUT2D eigenvalue weighted by Gasteiger charge is 2.30. The van der Waals surface area contributed by atoms with Crippen LogP contribution in [0.1, 0.15) is 5.56 Å². The fraction of sp³-hybridized carbons (Fsp3) is 0.111. The highest BCUT2D eigenvalue weighted by Crippen LogP contribution is 2.31. The quantitative estimate of drug-likeness (QED) is 0.748. The Kier molecular flexibility index (Phi) is 2.87. The molecular weight excluding hydrogens is 336 g/mol. The van der Waals surface area contributed by atoms with Gasteiger partial charge in [0.25, 0.3) is 3.90 Å². The average Bonchev–Trinajstić information content (AvgIpc) is 2.64. The minimum Gasteiger partial charge on any atom is -0.412 e. The summed E-state index contributed by atoms with van der Waals surface area (Å²) in [4.78, 5) is 0. The highest BCUT2D eigenvalue weighted by atomic mass is 127. The summed E-state index contributed by atoms with van der Waals surface area (Å²) < 4.78 is 42.6. The molecule has 1 heterocycles. The monoisotopic (exact) mass is 340 g/mol. The van der Waals surface area contributed by atoms with Crippen molar-refractivity contribution in [3.63, 3.8) is 0 Å². The summed E-state index contributed by atoms with van der Waals surface area (Å²) in [6.45, 7) is 0. The predicted molar refractivity (Wildman–Crippen MR) is 57.5 cm³/mol. The van der Waals surface area contributed by atoms with Gasteiger partial charge in [0.05, 0.1) is 5.56 Å². The van der Waals surface area contributed by atoms with E-state index >= 15 is 0 Å². The molecule has 0 saturated heterocycles. The zero-order valence-electron chi connectivity index (χ0n) is 7.62. The zero-order chi connectivity index (χ0) is 11.8. The van der Waals surface area contributed by atoms with Crippen molar-refractivity contribution < 1.29 is 17.6 Å². The van der Waals surface area contributed by atoms with Gasteiger partial charge in [-0.05, 0) is 18.2 Å². The van der Waals surface area contributed by atoms with Gasteiger partial charge in [-0.3, -0.25) is 0 Å². The van der Waals surface area contributed by atoms with E-state index in [1.165, 1.54) is 12.1 Å². The summed E-state index contributed by atoms with van der Waals surface area (Å²) in [7, 11) is 0. The number of halogens is 4. The van der Waals surface area contributed by atoms with Gasteiger partial charge in [0.15, 0.2) is 0 Å². The first-order chi connectivity index (χ1) is 7.47. The van der Waals surface area contributed by atoms with Crippen molar-refractivity contribution in [1.29, 1.82) is 0 Å².